The highest BCUT2D eigenvalue weighted by Gasteiger charge is 2.38. The molecule has 1 saturated carbocycles. The molecule has 0 radical (unpaired) electrons. The van der Waals surface area contributed by atoms with Crippen LogP contribution >= 0.6 is 0 Å². The number of para-hydroxylation sites is 1. The first-order chi connectivity index (χ1) is 9.67. The Morgan fingerprint density at radius 1 is 1.30 bits per heavy atom. The van der Waals surface area contributed by atoms with Gasteiger partial charge in [0.2, 0.25) is 0 Å². The molecular formula is C16H19NO3. The molecule has 2 aromatic rings. The van der Waals surface area contributed by atoms with Crippen LogP contribution in [0.3, 0.4) is 0 Å². The van der Waals surface area contributed by atoms with Gasteiger partial charge in [0, 0.05) is 18.4 Å². The lowest BCUT2D eigenvalue weighted by Crippen LogP contribution is -2.45. The molecule has 1 aliphatic rings. The largest absolute Gasteiger partial charge is 0.461 e. The molecule has 1 fully saturated rings. The molecule has 1 amide bonds. The van der Waals surface area contributed by atoms with Gasteiger partial charge in [0.25, 0.3) is 5.91 Å². The van der Waals surface area contributed by atoms with E-state index in [0.717, 1.165) is 29.6 Å². The molecule has 3 rings (SSSR count). The molecule has 1 heterocycles. The Balaban J connectivity index is 1.56. The summed E-state index contributed by atoms with van der Waals surface area (Å²) >= 11 is 0. The Hall–Kier alpha value is -1.81. The summed E-state index contributed by atoms with van der Waals surface area (Å²) in [6.45, 7) is 0.487. The van der Waals surface area contributed by atoms with Gasteiger partial charge in [0.1, 0.15) is 16.9 Å². The fraction of sp³-hybridized carbons (Fsp3) is 0.438. The van der Waals surface area contributed by atoms with Crippen LogP contribution in [0.25, 0.3) is 11.0 Å². The summed E-state index contributed by atoms with van der Waals surface area (Å²) in [5.74, 6) is 0.607. The van der Waals surface area contributed by atoms with Gasteiger partial charge in [-0.1, -0.05) is 18.2 Å². The number of amides is 1. The van der Waals surface area contributed by atoms with Gasteiger partial charge in [0.15, 0.2) is 0 Å². The van der Waals surface area contributed by atoms with E-state index in [1.165, 1.54) is 0 Å². The topological polar surface area (TPSA) is 62.5 Å². The lowest BCUT2D eigenvalue weighted by Gasteiger charge is -2.20. The third-order valence-corrected chi connectivity index (χ3v) is 3.99. The van der Waals surface area contributed by atoms with Gasteiger partial charge in [-0.15, -0.1) is 0 Å². The second-order valence-electron chi connectivity index (χ2n) is 5.50. The highest BCUT2D eigenvalue weighted by molar-refractivity contribution is 5.85. The van der Waals surface area contributed by atoms with Gasteiger partial charge >= 0.3 is 0 Å². The first-order valence-corrected chi connectivity index (χ1v) is 7.15. The average molecular weight is 273 g/mol. The third kappa shape index (κ3) is 2.56. The number of aliphatic hydroxyl groups is 1. The number of benzene rings is 1. The van der Waals surface area contributed by atoms with E-state index in [1.54, 1.807) is 0 Å². The van der Waals surface area contributed by atoms with Crippen molar-refractivity contribution in [2.45, 2.75) is 37.7 Å². The number of hydrogen-bond donors (Lipinski definition) is 2. The molecule has 106 valence electrons. The van der Waals surface area contributed by atoms with Gasteiger partial charge in [-0.3, -0.25) is 4.79 Å². The van der Waals surface area contributed by atoms with E-state index >= 15 is 0 Å². The van der Waals surface area contributed by atoms with Crippen molar-refractivity contribution in [2.75, 3.05) is 6.54 Å². The van der Waals surface area contributed by atoms with Crippen LogP contribution in [0.1, 0.15) is 31.4 Å². The lowest BCUT2D eigenvalue weighted by molar-refractivity contribution is -0.139. The number of carbonyl (C=O) groups excluding carboxylic acids is 1. The van der Waals surface area contributed by atoms with Crippen molar-refractivity contribution in [3.05, 3.63) is 36.1 Å². The summed E-state index contributed by atoms with van der Waals surface area (Å²) in [6.07, 6.45) is 3.63. The van der Waals surface area contributed by atoms with Crippen molar-refractivity contribution in [1.82, 2.24) is 5.32 Å². The van der Waals surface area contributed by atoms with Crippen LogP contribution in [-0.2, 0) is 11.2 Å². The van der Waals surface area contributed by atoms with Crippen LogP contribution < -0.4 is 5.32 Å². The Morgan fingerprint density at radius 2 is 2.05 bits per heavy atom. The fourth-order valence-electron chi connectivity index (χ4n) is 2.81. The van der Waals surface area contributed by atoms with E-state index in [4.69, 9.17) is 4.42 Å². The van der Waals surface area contributed by atoms with E-state index in [0.29, 0.717) is 25.8 Å². The molecule has 0 bridgehead atoms. The zero-order chi connectivity index (χ0) is 14.0. The molecule has 2 N–H and O–H groups in total. The van der Waals surface area contributed by atoms with Gasteiger partial charge in [0.05, 0.1) is 0 Å². The zero-order valence-corrected chi connectivity index (χ0v) is 11.4. The molecule has 20 heavy (non-hydrogen) atoms. The number of hydrogen-bond acceptors (Lipinski definition) is 3. The minimum Gasteiger partial charge on any atom is -0.461 e. The van der Waals surface area contributed by atoms with Crippen molar-refractivity contribution in [3.63, 3.8) is 0 Å². The molecule has 0 atom stereocenters. The highest BCUT2D eigenvalue weighted by atomic mass is 16.3. The van der Waals surface area contributed by atoms with Crippen LogP contribution in [0.5, 0.6) is 0 Å². The maximum absolute atomic E-state index is 11.9. The predicted octanol–water partition coefficient (Wildman–Crippen LogP) is 2.40. The molecular weight excluding hydrogens is 254 g/mol. The van der Waals surface area contributed by atoms with Crippen molar-refractivity contribution in [3.8, 4) is 0 Å². The summed E-state index contributed by atoms with van der Waals surface area (Å²) in [6, 6.07) is 9.83. The van der Waals surface area contributed by atoms with Crippen molar-refractivity contribution in [2.24, 2.45) is 0 Å². The zero-order valence-electron chi connectivity index (χ0n) is 11.4. The molecule has 1 aromatic carbocycles. The molecule has 1 aromatic heterocycles. The van der Waals surface area contributed by atoms with E-state index in [2.05, 4.69) is 5.32 Å². The van der Waals surface area contributed by atoms with E-state index in [9.17, 15) is 9.90 Å². The molecule has 4 nitrogen and oxygen atoms in total. The summed E-state index contributed by atoms with van der Waals surface area (Å²) in [4.78, 5) is 11.9. The van der Waals surface area contributed by atoms with Gasteiger partial charge in [-0.2, -0.15) is 0 Å². The smallest absolute Gasteiger partial charge is 0.251 e. The van der Waals surface area contributed by atoms with Crippen molar-refractivity contribution >= 4 is 16.9 Å². The van der Waals surface area contributed by atoms with Gasteiger partial charge in [-0.05, 0) is 37.8 Å². The molecule has 1 aliphatic carbocycles. The quantitative estimate of drug-likeness (QED) is 0.899. The van der Waals surface area contributed by atoms with Gasteiger partial charge < -0.3 is 14.8 Å². The van der Waals surface area contributed by atoms with E-state index in [-0.39, 0.29) is 5.91 Å². The summed E-state index contributed by atoms with van der Waals surface area (Å²) < 4.78 is 5.69. The first-order valence-electron chi connectivity index (χ1n) is 7.15. The third-order valence-electron chi connectivity index (χ3n) is 3.99. The lowest BCUT2D eigenvalue weighted by atomic mass is 10.0. The normalized spacial score (nSPS) is 17.4. The molecule has 4 heteroatoms. The SMILES string of the molecule is O=C(NCCc1cc2ccccc2o1)C1(O)CCCC1. The first kappa shape index (κ1) is 13.2. The number of fused-ring (bicyclic) bond motifs is 1. The Labute approximate surface area is 117 Å². The van der Waals surface area contributed by atoms with Gasteiger partial charge in [-0.25, -0.2) is 0 Å². The Morgan fingerprint density at radius 3 is 2.80 bits per heavy atom. The molecule has 0 saturated heterocycles. The van der Waals surface area contributed by atoms with Crippen LogP contribution in [0.4, 0.5) is 0 Å². The number of carbonyl (C=O) groups is 1. The Bertz CT molecular complexity index is 578. The minimum absolute atomic E-state index is 0.244. The number of furan rings is 1. The molecule has 0 unspecified atom stereocenters. The summed E-state index contributed by atoms with van der Waals surface area (Å²) in [5, 5.41) is 14.0. The molecule has 0 spiro atoms. The monoisotopic (exact) mass is 273 g/mol. The van der Waals surface area contributed by atoms with E-state index in [1.807, 2.05) is 30.3 Å². The number of rotatable bonds is 4. The summed E-state index contributed by atoms with van der Waals surface area (Å²) in [7, 11) is 0. The van der Waals surface area contributed by atoms with Crippen molar-refractivity contribution in [1.29, 1.82) is 0 Å². The second kappa shape index (κ2) is 5.29. The second-order valence-corrected chi connectivity index (χ2v) is 5.50. The Kier molecular flexibility index (Phi) is 3.49. The van der Waals surface area contributed by atoms with Crippen molar-refractivity contribution < 1.29 is 14.3 Å². The maximum atomic E-state index is 11.9. The predicted molar refractivity (Wildman–Crippen MR) is 76.3 cm³/mol. The number of nitrogens with one attached hydrogen (secondary N) is 1. The fourth-order valence-corrected chi connectivity index (χ4v) is 2.81. The van der Waals surface area contributed by atoms with Crippen LogP contribution in [0.2, 0.25) is 0 Å². The standard InChI is InChI=1S/C16H19NO3/c18-15(16(19)8-3-4-9-16)17-10-7-13-11-12-5-1-2-6-14(12)20-13/h1-2,5-6,11,19H,3-4,7-10H2,(H,17,18). The average Bonchev–Trinajstić information content (AvgIpc) is 3.05. The van der Waals surface area contributed by atoms with E-state index < -0.39 is 5.60 Å². The minimum atomic E-state index is -1.14. The van der Waals surface area contributed by atoms with Crippen LogP contribution in [-0.4, -0.2) is 23.2 Å². The highest BCUT2D eigenvalue weighted by Crippen LogP contribution is 2.29. The van der Waals surface area contributed by atoms with Crippen LogP contribution in [0.15, 0.2) is 34.7 Å². The molecule has 0 aliphatic heterocycles. The summed E-state index contributed by atoms with van der Waals surface area (Å²) in [5.41, 5.74) is -0.281. The van der Waals surface area contributed by atoms with Crippen LogP contribution in [0, 0.1) is 0 Å². The maximum Gasteiger partial charge on any atom is 0.251 e.